The highest BCUT2D eigenvalue weighted by molar-refractivity contribution is 6.25. The lowest BCUT2D eigenvalue weighted by Crippen LogP contribution is -2.10. The van der Waals surface area contributed by atoms with Gasteiger partial charge in [0.15, 0.2) is 0 Å². The molecule has 35 heavy (non-hydrogen) atoms. The molecule has 0 spiro atoms. The summed E-state index contributed by atoms with van der Waals surface area (Å²) in [5.41, 5.74) is 6.42. The monoisotopic (exact) mass is 449 g/mol. The molecular formula is C33H23NO. The van der Waals surface area contributed by atoms with Crippen LogP contribution in [0.25, 0.3) is 43.5 Å². The van der Waals surface area contributed by atoms with Crippen molar-refractivity contribution in [1.29, 1.82) is 0 Å². The highest BCUT2D eigenvalue weighted by Gasteiger charge is 2.20. The maximum Gasteiger partial charge on any atom is 0.143 e. The topological polar surface area (TPSA) is 16.4 Å². The number of hydrogen-bond donors (Lipinski definition) is 0. The highest BCUT2D eigenvalue weighted by Crippen LogP contribution is 2.45. The van der Waals surface area contributed by atoms with Crippen molar-refractivity contribution in [2.45, 2.75) is 6.92 Å². The molecule has 0 fully saturated rings. The summed E-state index contributed by atoms with van der Waals surface area (Å²) in [6, 6.07) is 43.0. The van der Waals surface area contributed by atoms with Gasteiger partial charge in [0.25, 0.3) is 0 Å². The van der Waals surface area contributed by atoms with E-state index in [9.17, 15) is 0 Å². The van der Waals surface area contributed by atoms with Gasteiger partial charge in [-0.1, -0.05) is 90.5 Å². The molecule has 0 amide bonds. The number of aryl methyl sites for hydroxylation is 1. The summed E-state index contributed by atoms with van der Waals surface area (Å²) in [6.07, 6.45) is 0. The maximum absolute atomic E-state index is 6.63. The van der Waals surface area contributed by atoms with Crippen LogP contribution in [-0.4, -0.2) is 0 Å². The van der Waals surface area contributed by atoms with Crippen molar-refractivity contribution in [1.82, 2.24) is 0 Å². The van der Waals surface area contributed by atoms with Crippen LogP contribution in [0.2, 0.25) is 0 Å². The predicted molar refractivity (Wildman–Crippen MR) is 148 cm³/mol. The first-order valence-corrected chi connectivity index (χ1v) is 12.0. The molecule has 6 aromatic carbocycles. The van der Waals surface area contributed by atoms with Crippen molar-refractivity contribution < 1.29 is 4.42 Å². The Balaban J connectivity index is 1.60. The first-order chi connectivity index (χ1) is 17.3. The van der Waals surface area contributed by atoms with Crippen molar-refractivity contribution >= 4 is 60.5 Å². The third-order valence-corrected chi connectivity index (χ3v) is 6.89. The van der Waals surface area contributed by atoms with E-state index in [4.69, 9.17) is 4.42 Å². The van der Waals surface area contributed by atoms with E-state index in [0.29, 0.717) is 0 Å². The van der Waals surface area contributed by atoms with Crippen molar-refractivity contribution in [3.63, 3.8) is 0 Å². The average molecular weight is 450 g/mol. The number of para-hydroxylation sites is 1. The molecule has 7 aromatic rings. The van der Waals surface area contributed by atoms with E-state index in [-0.39, 0.29) is 0 Å². The molecule has 0 N–H and O–H groups in total. The number of anilines is 3. The Kier molecular flexibility index (Phi) is 4.40. The number of hydrogen-bond acceptors (Lipinski definition) is 2. The van der Waals surface area contributed by atoms with E-state index in [0.717, 1.165) is 39.0 Å². The van der Waals surface area contributed by atoms with Crippen molar-refractivity contribution in [3.05, 3.63) is 127 Å². The summed E-state index contributed by atoms with van der Waals surface area (Å²) >= 11 is 0. The summed E-state index contributed by atoms with van der Waals surface area (Å²) < 4.78 is 6.63. The highest BCUT2D eigenvalue weighted by atomic mass is 16.3. The van der Waals surface area contributed by atoms with Crippen molar-refractivity contribution in [3.8, 4) is 0 Å². The van der Waals surface area contributed by atoms with Gasteiger partial charge in [-0.25, -0.2) is 0 Å². The van der Waals surface area contributed by atoms with Gasteiger partial charge in [-0.2, -0.15) is 0 Å². The largest absolute Gasteiger partial charge is 0.455 e. The summed E-state index contributed by atoms with van der Waals surface area (Å²) in [4.78, 5) is 2.33. The van der Waals surface area contributed by atoms with E-state index < -0.39 is 0 Å². The maximum atomic E-state index is 6.63. The fourth-order valence-corrected chi connectivity index (χ4v) is 5.23. The molecule has 0 bridgehead atoms. The first kappa shape index (κ1) is 19.9. The van der Waals surface area contributed by atoms with E-state index >= 15 is 0 Å². The normalized spacial score (nSPS) is 11.6. The molecule has 0 unspecified atom stereocenters. The summed E-state index contributed by atoms with van der Waals surface area (Å²) in [7, 11) is 0. The van der Waals surface area contributed by atoms with Gasteiger partial charge in [0.2, 0.25) is 0 Å². The molecule has 7 rings (SSSR count). The number of furan rings is 1. The van der Waals surface area contributed by atoms with Crippen molar-refractivity contribution in [2.75, 3.05) is 4.90 Å². The molecule has 2 nitrogen and oxygen atoms in total. The van der Waals surface area contributed by atoms with Gasteiger partial charge < -0.3 is 9.32 Å². The Bertz CT molecular complexity index is 1850. The Morgan fingerprint density at radius 3 is 2.00 bits per heavy atom. The SMILES string of the molecule is Cc1ccc(N(c2ccccc2)c2cc3oc4c5ccccc5ccc4c3c3ccccc23)cc1. The number of fused-ring (bicyclic) bond motifs is 7. The average Bonchev–Trinajstić information content (AvgIpc) is 3.30. The summed E-state index contributed by atoms with van der Waals surface area (Å²) in [5, 5.41) is 7.05. The third kappa shape index (κ3) is 3.11. The smallest absolute Gasteiger partial charge is 0.143 e. The second-order valence-corrected chi connectivity index (χ2v) is 9.09. The van der Waals surface area contributed by atoms with Gasteiger partial charge in [0.05, 0.1) is 5.69 Å². The fourth-order valence-electron chi connectivity index (χ4n) is 5.23. The lowest BCUT2D eigenvalue weighted by atomic mass is 9.99. The van der Waals surface area contributed by atoms with Crippen LogP contribution in [-0.2, 0) is 0 Å². The summed E-state index contributed by atoms with van der Waals surface area (Å²) in [6.45, 7) is 2.12. The second kappa shape index (κ2) is 7.75. The van der Waals surface area contributed by atoms with Crippen molar-refractivity contribution in [2.24, 2.45) is 0 Å². The van der Waals surface area contributed by atoms with E-state index in [1.807, 2.05) is 0 Å². The second-order valence-electron chi connectivity index (χ2n) is 9.09. The van der Waals surface area contributed by atoms with Gasteiger partial charge in [-0.15, -0.1) is 0 Å². The molecule has 166 valence electrons. The van der Waals surface area contributed by atoms with Crippen LogP contribution in [0.3, 0.4) is 0 Å². The fraction of sp³-hybridized carbons (Fsp3) is 0.0303. The Hall–Kier alpha value is -4.56. The van der Waals surface area contributed by atoms with Crippen LogP contribution >= 0.6 is 0 Å². The lowest BCUT2D eigenvalue weighted by Gasteiger charge is -2.27. The number of benzene rings is 6. The van der Waals surface area contributed by atoms with Crippen LogP contribution in [0.15, 0.2) is 126 Å². The van der Waals surface area contributed by atoms with E-state index in [1.54, 1.807) is 0 Å². The molecule has 0 atom stereocenters. The summed E-state index contributed by atoms with van der Waals surface area (Å²) in [5.74, 6) is 0. The zero-order chi connectivity index (χ0) is 23.4. The molecule has 1 aromatic heterocycles. The first-order valence-electron chi connectivity index (χ1n) is 12.0. The van der Waals surface area contributed by atoms with Gasteiger partial charge in [-0.3, -0.25) is 0 Å². The number of rotatable bonds is 3. The number of nitrogens with zero attached hydrogens (tertiary/aromatic N) is 1. The van der Waals surface area contributed by atoms with E-state index in [2.05, 4.69) is 133 Å². The Labute approximate surface area is 203 Å². The van der Waals surface area contributed by atoms with Gasteiger partial charge in [0, 0.05) is 39.0 Å². The standard InChI is InChI=1S/C33H23NO/c1-22-15-18-25(19-16-22)34(24-10-3-2-4-11-24)30-21-31-32(28-14-8-7-13-27(28)30)29-20-17-23-9-5-6-12-26(23)33(29)35-31/h2-21H,1H3. The van der Waals surface area contributed by atoms with Crippen LogP contribution in [0.5, 0.6) is 0 Å². The molecule has 0 aliphatic rings. The van der Waals surface area contributed by atoms with Crippen LogP contribution in [0.4, 0.5) is 17.1 Å². The van der Waals surface area contributed by atoms with E-state index in [1.165, 1.54) is 27.1 Å². The van der Waals surface area contributed by atoms with Crippen LogP contribution in [0, 0.1) is 6.92 Å². The molecule has 0 saturated heterocycles. The minimum atomic E-state index is 0.901. The molecule has 1 heterocycles. The quantitative estimate of drug-likeness (QED) is 0.267. The molecule has 0 radical (unpaired) electrons. The van der Waals surface area contributed by atoms with Gasteiger partial charge >= 0.3 is 0 Å². The Morgan fingerprint density at radius 1 is 0.543 bits per heavy atom. The minimum Gasteiger partial charge on any atom is -0.455 e. The zero-order valence-electron chi connectivity index (χ0n) is 19.4. The van der Waals surface area contributed by atoms with Gasteiger partial charge in [-0.05, 0) is 48.0 Å². The predicted octanol–water partition coefficient (Wildman–Crippen LogP) is 9.67. The zero-order valence-corrected chi connectivity index (χ0v) is 19.4. The van der Waals surface area contributed by atoms with Crippen LogP contribution in [0.1, 0.15) is 5.56 Å². The molecule has 2 heteroatoms. The molecule has 0 saturated carbocycles. The Morgan fingerprint density at radius 2 is 1.20 bits per heavy atom. The molecule has 0 aliphatic carbocycles. The van der Waals surface area contributed by atoms with Crippen LogP contribution < -0.4 is 4.90 Å². The minimum absolute atomic E-state index is 0.901. The third-order valence-electron chi connectivity index (χ3n) is 6.89. The molecule has 0 aliphatic heterocycles. The van der Waals surface area contributed by atoms with Gasteiger partial charge in [0.1, 0.15) is 11.2 Å². The lowest BCUT2D eigenvalue weighted by molar-refractivity contribution is 0.673. The molecular weight excluding hydrogens is 426 g/mol.